The predicted octanol–water partition coefficient (Wildman–Crippen LogP) is 2.19. The summed E-state index contributed by atoms with van der Waals surface area (Å²) in [7, 11) is 0. The minimum atomic E-state index is -0.636. The first kappa shape index (κ1) is 12.6. The monoisotopic (exact) mass is 264 g/mol. The van der Waals surface area contributed by atoms with Gasteiger partial charge in [0, 0.05) is 11.4 Å². The van der Waals surface area contributed by atoms with Crippen molar-refractivity contribution in [2.45, 2.75) is 6.04 Å². The van der Waals surface area contributed by atoms with E-state index in [1.54, 1.807) is 18.2 Å². The van der Waals surface area contributed by atoms with Crippen molar-refractivity contribution < 1.29 is 4.79 Å². The number of halogens is 2. The van der Waals surface area contributed by atoms with Gasteiger partial charge >= 0.3 is 0 Å². The molecule has 1 unspecified atom stereocenters. The molecule has 1 amide bonds. The zero-order chi connectivity index (χ0) is 11.4. The number of nitrogens with two attached hydrogens (primary N) is 1. The zero-order valence-electron chi connectivity index (χ0n) is 7.71. The average Bonchev–Trinajstić information content (AvgIpc) is 2.22. The van der Waals surface area contributed by atoms with Crippen LogP contribution in [0.25, 0.3) is 0 Å². The summed E-state index contributed by atoms with van der Waals surface area (Å²) in [6.07, 6.45) is 0. The van der Waals surface area contributed by atoms with Gasteiger partial charge in [-0.2, -0.15) is 12.6 Å². The van der Waals surface area contributed by atoms with E-state index in [9.17, 15) is 4.79 Å². The number of nitrogens with one attached hydrogen (secondary N) is 1. The van der Waals surface area contributed by atoms with E-state index in [1.165, 1.54) is 0 Å². The Hall–Kier alpha value is -0.420. The fourth-order valence-electron chi connectivity index (χ4n) is 0.892. The molecule has 1 atom stereocenters. The highest BCUT2D eigenvalue weighted by atomic mass is 35.5. The molecule has 0 aromatic heterocycles. The molecule has 0 heterocycles. The van der Waals surface area contributed by atoms with Gasteiger partial charge in [0.25, 0.3) is 0 Å². The molecule has 0 aliphatic rings. The van der Waals surface area contributed by atoms with Crippen LogP contribution in [0, 0.1) is 0 Å². The number of hydrogen-bond acceptors (Lipinski definition) is 3. The molecule has 0 saturated heterocycles. The second kappa shape index (κ2) is 5.61. The molecular weight excluding hydrogens is 255 g/mol. The van der Waals surface area contributed by atoms with E-state index in [0.717, 1.165) is 0 Å². The molecular formula is C9H10Cl2N2OS. The summed E-state index contributed by atoms with van der Waals surface area (Å²) >= 11 is 15.4. The van der Waals surface area contributed by atoms with Crippen LogP contribution in [0.1, 0.15) is 0 Å². The molecule has 3 N–H and O–H groups in total. The van der Waals surface area contributed by atoms with Crippen LogP contribution in [0.4, 0.5) is 5.69 Å². The van der Waals surface area contributed by atoms with Gasteiger partial charge in [0.15, 0.2) is 0 Å². The molecule has 0 aliphatic heterocycles. The third-order valence-corrected chi connectivity index (χ3v) is 2.85. The highest BCUT2D eigenvalue weighted by Crippen LogP contribution is 2.24. The van der Waals surface area contributed by atoms with Gasteiger partial charge in [0.05, 0.1) is 16.1 Å². The van der Waals surface area contributed by atoms with Gasteiger partial charge in [-0.15, -0.1) is 0 Å². The molecule has 1 aromatic carbocycles. The number of thiol groups is 1. The molecule has 0 radical (unpaired) electrons. The van der Waals surface area contributed by atoms with Crippen LogP contribution in [0.3, 0.4) is 0 Å². The number of hydrogen-bond donors (Lipinski definition) is 3. The van der Waals surface area contributed by atoms with E-state index in [1.807, 2.05) is 0 Å². The highest BCUT2D eigenvalue weighted by Gasteiger charge is 2.11. The van der Waals surface area contributed by atoms with Crippen LogP contribution in [0.2, 0.25) is 10.0 Å². The molecule has 1 rings (SSSR count). The first-order valence-electron chi connectivity index (χ1n) is 4.17. The first-order valence-corrected chi connectivity index (χ1v) is 5.55. The van der Waals surface area contributed by atoms with Gasteiger partial charge < -0.3 is 11.1 Å². The van der Waals surface area contributed by atoms with E-state index in [2.05, 4.69) is 17.9 Å². The van der Waals surface area contributed by atoms with E-state index >= 15 is 0 Å². The lowest BCUT2D eigenvalue weighted by molar-refractivity contribution is -0.116. The van der Waals surface area contributed by atoms with Crippen LogP contribution in [0.15, 0.2) is 18.2 Å². The van der Waals surface area contributed by atoms with Crippen molar-refractivity contribution in [2.24, 2.45) is 5.73 Å². The molecule has 0 saturated carbocycles. The largest absolute Gasteiger partial charge is 0.325 e. The SMILES string of the molecule is NC(CS)C(=O)Nc1ccc(Cl)c(Cl)c1. The first-order chi connectivity index (χ1) is 7.04. The minimum Gasteiger partial charge on any atom is -0.325 e. The van der Waals surface area contributed by atoms with Crippen molar-refractivity contribution in [3.8, 4) is 0 Å². The number of anilines is 1. The average molecular weight is 265 g/mol. The highest BCUT2D eigenvalue weighted by molar-refractivity contribution is 7.80. The number of carbonyl (C=O) groups is 1. The molecule has 0 bridgehead atoms. The van der Waals surface area contributed by atoms with Crippen molar-refractivity contribution in [3.63, 3.8) is 0 Å². The maximum atomic E-state index is 11.4. The summed E-state index contributed by atoms with van der Waals surface area (Å²) in [5.74, 6) is -0.0175. The normalized spacial score (nSPS) is 12.3. The van der Waals surface area contributed by atoms with E-state index in [0.29, 0.717) is 15.7 Å². The van der Waals surface area contributed by atoms with Gasteiger partial charge in [-0.1, -0.05) is 23.2 Å². The molecule has 6 heteroatoms. The molecule has 15 heavy (non-hydrogen) atoms. The molecule has 82 valence electrons. The summed E-state index contributed by atoms with van der Waals surface area (Å²) in [4.78, 5) is 11.4. The Kier molecular flexibility index (Phi) is 4.73. The van der Waals surface area contributed by atoms with Crippen molar-refractivity contribution >= 4 is 47.4 Å². The van der Waals surface area contributed by atoms with Crippen LogP contribution in [-0.4, -0.2) is 17.7 Å². The fourth-order valence-corrected chi connectivity index (χ4v) is 1.36. The van der Waals surface area contributed by atoms with Crippen molar-refractivity contribution in [3.05, 3.63) is 28.2 Å². The second-order valence-electron chi connectivity index (χ2n) is 2.91. The zero-order valence-corrected chi connectivity index (χ0v) is 10.1. The van der Waals surface area contributed by atoms with Crippen molar-refractivity contribution in [1.29, 1.82) is 0 Å². The predicted molar refractivity (Wildman–Crippen MR) is 66.9 cm³/mol. The van der Waals surface area contributed by atoms with Gasteiger partial charge in [-0.3, -0.25) is 4.79 Å². The molecule has 0 fully saturated rings. The minimum absolute atomic E-state index is 0.285. The standard InChI is InChI=1S/C9H10Cl2N2OS/c10-6-2-1-5(3-7(6)11)13-9(14)8(12)4-15/h1-3,8,15H,4,12H2,(H,13,14). The Bertz CT molecular complexity index is 373. The van der Waals surface area contributed by atoms with Crippen LogP contribution >= 0.6 is 35.8 Å². The third kappa shape index (κ3) is 3.57. The van der Waals surface area contributed by atoms with E-state index in [4.69, 9.17) is 28.9 Å². The van der Waals surface area contributed by atoms with E-state index < -0.39 is 6.04 Å². The number of carbonyl (C=O) groups excluding carboxylic acids is 1. The Balaban J connectivity index is 2.73. The molecule has 1 aromatic rings. The third-order valence-electron chi connectivity index (χ3n) is 1.72. The Labute approximate surface area is 103 Å². The second-order valence-corrected chi connectivity index (χ2v) is 4.09. The van der Waals surface area contributed by atoms with Crippen molar-refractivity contribution in [2.75, 3.05) is 11.1 Å². The number of rotatable bonds is 3. The summed E-state index contributed by atoms with van der Waals surface area (Å²) < 4.78 is 0. The Morgan fingerprint density at radius 1 is 1.47 bits per heavy atom. The topological polar surface area (TPSA) is 55.1 Å². The van der Waals surface area contributed by atoms with E-state index in [-0.39, 0.29) is 11.7 Å². The molecule has 0 aliphatic carbocycles. The van der Waals surface area contributed by atoms with Crippen molar-refractivity contribution in [1.82, 2.24) is 0 Å². The van der Waals surface area contributed by atoms with Crippen LogP contribution in [0.5, 0.6) is 0 Å². The van der Waals surface area contributed by atoms with Gasteiger partial charge in [0.1, 0.15) is 0 Å². The van der Waals surface area contributed by atoms with Gasteiger partial charge in [-0.25, -0.2) is 0 Å². The summed E-state index contributed by atoms with van der Waals surface area (Å²) in [5, 5.41) is 3.43. The Morgan fingerprint density at radius 3 is 2.67 bits per heavy atom. The lowest BCUT2D eigenvalue weighted by Crippen LogP contribution is -2.37. The summed E-state index contributed by atoms with van der Waals surface area (Å²) in [6.45, 7) is 0. The number of benzene rings is 1. The smallest absolute Gasteiger partial charge is 0.242 e. The maximum absolute atomic E-state index is 11.4. The summed E-state index contributed by atoms with van der Waals surface area (Å²) in [6, 6.07) is 4.18. The maximum Gasteiger partial charge on any atom is 0.242 e. The van der Waals surface area contributed by atoms with Gasteiger partial charge in [-0.05, 0) is 18.2 Å². The van der Waals surface area contributed by atoms with Crippen LogP contribution < -0.4 is 11.1 Å². The summed E-state index contributed by atoms with van der Waals surface area (Å²) in [5.41, 5.74) is 6.05. The lowest BCUT2D eigenvalue weighted by Gasteiger charge is -2.10. The molecule has 0 spiro atoms. The van der Waals surface area contributed by atoms with Gasteiger partial charge in [0.2, 0.25) is 5.91 Å². The Morgan fingerprint density at radius 2 is 2.13 bits per heavy atom. The quantitative estimate of drug-likeness (QED) is 0.734. The lowest BCUT2D eigenvalue weighted by atomic mass is 10.3. The number of amides is 1. The molecule has 3 nitrogen and oxygen atoms in total. The van der Waals surface area contributed by atoms with Crippen LogP contribution in [-0.2, 0) is 4.79 Å². The fraction of sp³-hybridized carbons (Fsp3) is 0.222.